The van der Waals surface area contributed by atoms with Crippen molar-refractivity contribution < 1.29 is 9.57 Å². The summed E-state index contributed by atoms with van der Waals surface area (Å²) in [5, 5.41) is 0. The third-order valence-electron chi connectivity index (χ3n) is 2.37. The number of aromatic nitrogens is 1. The standard InChI is InChI=1S/C15H16NO/c1-2-17-16-13-7-6-10-15(16)12-11-14-8-4-3-5-9-14/h3-13H,2H2,1H3/q+1/b12-11+. The van der Waals surface area contributed by atoms with Gasteiger partial charge in [-0.15, -0.1) is 0 Å². The Balaban J connectivity index is 2.21. The molecule has 0 saturated heterocycles. The van der Waals surface area contributed by atoms with Crippen LogP contribution in [0.4, 0.5) is 0 Å². The maximum absolute atomic E-state index is 5.49. The van der Waals surface area contributed by atoms with Gasteiger partial charge in [0.15, 0.2) is 6.61 Å². The second-order valence-electron chi connectivity index (χ2n) is 3.61. The molecule has 0 unspecified atom stereocenters. The van der Waals surface area contributed by atoms with Gasteiger partial charge in [-0.2, -0.15) is 0 Å². The lowest BCUT2D eigenvalue weighted by molar-refractivity contribution is -0.892. The van der Waals surface area contributed by atoms with E-state index in [0.717, 1.165) is 5.69 Å². The van der Waals surface area contributed by atoms with Crippen LogP contribution in [-0.2, 0) is 0 Å². The van der Waals surface area contributed by atoms with Crippen molar-refractivity contribution in [3.05, 3.63) is 66.0 Å². The Labute approximate surface area is 102 Å². The molecule has 0 aliphatic carbocycles. The van der Waals surface area contributed by atoms with Crippen molar-refractivity contribution in [1.82, 2.24) is 0 Å². The summed E-state index contributed by atoms with van der Waals surface area (Å²) >= 11 is 0. The first-order chi connectivity index (χ1) is 8.40. The molecule has 0 radical (unpaired) electrons. The molecule has 0 spiro atoms. The number of hydrogen-bond acceptors (Lipinski definition) is 1. The van der Waals surface area contributed by atoms with Gasteiger partial charge >= 0.3 is 0 Å². The Morgan fingerprint density at radius 3 is 2.53 bits per heavy atom. The third-order valence-corrected chi connectivity index (χ3v) is 2.37. The Bertz CT molecular complexity index is 491. The van der Waals surface area contributed by atoms with Crippen LogP contribution in [0.15, 0.2) is 54.7 Å². The van der Waals surface area contributed by atoms with Crippen LogP contribution in [-0.4, -0.2) is 6.61 Å². The van der Waals surface area contributed by atoms with Gasteiger partial charge in [-0.05, 0) is 24.6 Å². The average molecular weight is 226 g/mol. The van der Waals surface area contributed by atoms with Gasteiger partial charge < -0.3 is 0 Å². The van der Waals surface area contributed by atoms with Crippen molar-refractivity contribution in [3.8, 4) is 0 Å². The van der Waals surface area contributed by atoms with E-state index >= 15 is 0 Å². The predicted octanol–water partition coefficient (Wildman–Crippen LogP) is 2.59. The second-order valence-corrected chi connectivity index (χ2v) is 3.61. The molecule has 1 heterocycles. The zero-order valence-corrected chi connectivity index (χ0v) is 9.91. The van der Waals surface area contributed by atoms with Gasteiger partial charge in [0.1, 0.15) is 0 Å². The number of pyridine rings is 1. The summed E-state index contributed by atoms with van der Waals surface area (Å²) < 4.78 is 1.78. The first-order valence-electron chi connectivity index (χ1n) is 5.77. The summed E-state index contributed by atoms with van der Waals surface area (Å²) in [6.45, 7) is 2.63. The molecule has 0 fully saturated rings. The first kappa shape index (κ1) is 11.4. The van der Waals surface area contributed by atoms with Crippen LogP contribution in [0.5, 0.6) is 0 Å². The Kier molecular flexibility index (Phi) is 3.92. The van der Waals surface area contributed by atoms with Gasteiger partial charge in [-0.25, -0.2) is 0 Å². The molecule has 0 atom stereocenters. The molecule has 0 bridgehead atoms. The molecule has 2 rings (SSSR count). The van der Waals surface area contributed by atoms with Crippen LogP contribution < -0.4 is 9.57 Å². The maximum Gasteiger partial charge on any atom is 0.257 e. The van der Waals surface area contributed by atoms with Crippen molar-refractivity contribution in [2.75, 3.05) is 6.61 Å². The predicted molar refractivity (Wildman–Crippen MR) is 69.1 cm³/mol. The van der Waals surface area contributed by atoms with Crippen molar-refractivity contribution in [3.63, 3.8) is 0 Å². The molecule has 0 aliphatic rings. The SMILES string of the molecule is CCO[n+]1ccccc1/C=C/c1ccccc1. The zero-order valence-electron chi connectivity index (χ0n) is 9.91. The van der Waals surface area contributed by atoms with E-state index in [1.165, 1.54) is 5.56 Å². The van der Waals surface area contributed by atoms with Crippen molar-refractivity contribution in [2.45, 2.75) is 6.92 Å². The summed E-state index contributed by atoms with van der Waals surface area (Å²) in [4.78, 5) is 5.49. The summed E-state index contributed by atoms with van der Waals surface area (Å²) in [6.07, 6.45) is 6.03. The molecule has 86 valence electrons. The van der Waals surface area contributed by atoms with Gasteiger partial charge in [-0.3, -0.25) is 4.84 Å². The lowest BCUT2D eigenvalue weighted by Gasteiger charge is -1.97. The van der Waals surface area contributed by atoms with Gasteiger partial charge in [0.2, 0.25) is 6.20 Å². The molecule has 17 heavy (non-hydrogen) atoms. The Morgan fingerprint density at radius 2 is 1.76 bits per heavy atom. The Morgan fingerprint density at radius 1 is 1.00 bits per heavy atom. The maximum atomic E-state index is 5.49. The van der Waals surface area contributed by atoms with Crippen molar-refractivity contribution in [1.29, 1.82) is 0 Å². The van der Waals surface area contributed by atoms with Crippen LogP contribution in [0.25, 0.3) is 12.2 Å². The van der Waals surface area contributed by atoms with E-state index in [9.17, 15) is 0 Å². The minimum Gasteiger partial charge on any atom is -0.271 e. The first-order valence-corrected chi connectivity index (χ1v) is 5.77. The molecule has 0 amide bonds. The topological polar surface area (TPSA) is 13.1 Å². The van der Waals surface area contributed by atoms with E-state index in [-0.39, 0.29) is 0 Å². The summed E-state index contributed by atoms with van der Waals surface area (Å²) in [5.41, 5.74) is 2.21. The number of rotatable bonds is 4. The molecular formula is C15H16NO+. The highest BCUT2D eigenvalue weighted by molar-refractivity contribution is 5.66. The van der Waals surface area contributed by atoms with Gasteiger partial charge in [-0.1, -0.05) is 30.3 Å². The van der Waals surface area contributed by atoms with E-state index < -0.39 is 0 Å². The van der Waals surface area contributed by atoms with E-state index in [1.807, 2.05) is 55.6 Å². The van der Waals surface area contributed by atoms with Crippen LogP contribution in [0.3, 0.4) is 0 Å². The van der Waals surface area contributed by atoms with Crippen molar-refractivity contribution in [2.24, 2.45) is 0 Å². The highest BCUT2D eigenvalue weighted by atomic mass is 16.7. The van der Waals surface area contributed by atoms with E-state index in [2.05, 4.69) is 18.2 Å². The highest BCUT2D eigenvalue weighted by Crippen LogP contribution is 2.04. The molecule has 1 aromatic heterocycles. The third kappa shape index (κ3) is 3.18. The minimum atomic E-state index is 0.654. The molecule has 0 N–H and O–H groups in total. The molecule has 1 aromatic carbocycles. The molecule has 2 nitrogen and oxygen atoms in total. The minimum absolute atomic E-state index is 0.654. The van der Waals surface area contributed by atoms with E-state index in [4.69, 9.17) is 4.84 Å². The average Bonchev–Trinajstić information content (AvgIpc) is 2.39. The number of hydrogen-bond donors (Lipinski definition) is 0. The zero-order chi connectivity index (χ0) is 11.9. The van der Waals surface area contributed by atoms with Crippen LogP contribution in [0.1, 0.15) is 18.2 Å². The number of nitrogens with zero attached hydrogens (tertiary/aromatic N) is 1. The van der Waals surface area contributed by atoms with E-state index in [1.54, 1.807) is 4.73 Å². The summed E-state index contributed by atoms with van der Waals surface area (Å²) in [5.74, 6) is 0. The van der Waals surface area contributed by atoms with Crippen LogP contribution in [0, 0.1) is 0 Å². The lowest BCUT2D eigenvalue weighted by atomic mass is 10.2. The van der Waals surface area contributed by atoms with Gasteiger partial charge in [0, 0.05) is 22.9 Å². The fraction of sp³-hybridized carbons (Fsp3) is 0.133. The molecule has 2 aromatic rings. The van der Waals surface area contributed by atoms with Crippen molar-refractivity contribution >= 4 is 12.2 Å². The monoisotopic (exact) mass is 226 g/mol. The Hall–Kier alpha value is -2.09. The summed E-state index contributed by atoms with van der Waals surface area (Å²) in [7, 11) is 0. The normalized spacial score (nSPS) is 10.6. The fourth-order valence-electron chi connectivity index (χ4n) is 1.57. The molecule has 2 heteroatoms. The van der Waals surface area contributed by atoms with Crippen LogP contribution >= 0.6 is 0 Å². The largest absolute Gasteiger partial charge is 0.271 e. The quantitative estimate of drug-likeness (QED) is 0.730. The lowest BCUT2D eigenvalue weighted by Crippen LogP contribution is -2.44. The highest BCUT2D eigenvalue weighted by Gasteiger charge is 2.06. The van der Waals surface area contributed by atoms with E-state index in [0.29, 0.717) is 6.61 Å². The summed E-state index contributed by atoms with van der Waals surface area (Å²) in [6, 6.07) is 16.2. The van der Waals surface area contributed by atoms with Crippen LogP contribution in [0.2, 0.25) is 0 Å². The molecule has 0 aliphatic heterocycles. The molecule has 0 saturated carbocycles. The van der Waals surface area contributed by atoms with Gasteiger partial charge in [0.05, 0.1) is 0 Å². The van der Waals surface area contributed by atoms with Gasteiger partial charge in [0.25, 0.3) is 5.69 Å². The second kappa shape index (κ2) is 5.85. The molecular weight excluding hydrogens is 210 g/mol. The fourth-order valence-corrected chi connectivity index (χ4v) is 1.57. The number of benzene rings is 1. The smallest absolute Gasteiger partial charge is 0.257 e.